The summed E-state index contributed by atoms with van der Waals surface area (Å²) in [5.41, 5.74) is 0. The second-order valence-electron chi connectivity index (χ2n) is 2.06. The van der Waals surface area contributed by atoms with E-state index in [2.05, 4.69) is 4.74 Å². The van der Waals surface area contributed by atoms with Gasteiger partial charge in [0.05, 0.1) is 8.48 Å². The highest BCUT2D eigenvalue weighted by atomic mass is 32.1. The highest BCUT2D eigenvalue weighted by molar-refractivity contribution is 7.07. The minimum Gasteiger partial charge on any atom is -0.469 e. The van der Waals surface area contributed by atoms with E-state index in [4.69, 9.17) is 1.37 Å². The third-order valence-corrected chi connectivity index (χ3v) is 1.63. The summed E-state index contributed by atoms with van der Waals surface area (Å²) in [7, 11) is 1.40. The molecule has 0 saturated carbocycles. The van der Waals surface area contributed by atoms with Gasteiger partial charge < -0.3 is 4.74 Å². The molecule has 0 radical (unpaired) electrons. The minimum atomic E-state index is -0.123. The van der Waals surface area contributed by atoms with Gasteiger partial charge in [0.1, 0.15) is 0 Å². The molecule has 1 rings (SSSR count). The summed E-state index contributed by atoms with van der Waals surface area (Å²) in [5.74, 6) is -0.123. The van der Waals surface area contributed by atoms with Crippen LogP contribution >= 0.6 is 11.3 Å². The van der Waals surface area contributed by atoms with E-state index in [0.29, 0.717) is 11.8 Å². The molecule has 0 saturated heterocycles. The average Bonchev–Trinajstić information content (AvgIpc) is 2.57. The third kappa shape index (κ3) is 7.28. The Kier molecular flexibility index (Phi) is 6.38. The number of carbonyl (C=O) groups excluding carboxylic acids is 1. The van der Waals surface area contributed by atoms with Gasteiger partial charge in [0.2, 0.25) is 0 Å². The smallest absolute Gasteiger partial charge is 0.305 e. The van der Waals surface area contributed by atoms with E-state index < -0.39 is 0 Å². The summed E-state index contributed by atoms with van der Waals surface area (Å²) < 4.78 is 11.2. The molecule has 0 aromatic carbocycles. The molecule has 0 aliphatic heterocycles. The lowest BCUT2D eigenvalue weighted by atomic mass is 10.3. The van der Waals surface area contributed by atoms with Crippen molar-refractivity contribution >= 4 is 17.3 Å². The van der Waals surface area contributed by atoms with Crippen molar-refractivity contribution in [1.29, 1.82) is 0 Å². The average molecular weight is 187 g/mol. The molecule has 1 aromatic heterocycles. The summed E-state index contributed by atoms with van der Waals surface area (Å²) >= 11 is 1.44. The quantitative estimate of drug-likeness (QED) is 0.665. The predicted octanol–water partition coefficient (Wildman–Crippen LogP) is 2.71. The molecule has 0 bridgehead atoms. The highest BCUT2D eigenvalue weighted by Gasteiger charge is 1.92. The maximum absolute atomic E-state index is 10.2. The summed E-state index contributed by atoms with van der Waals surface area (Å²) in [6.07, 6.45) is 1.41. The standard InChI is InChI=1S/C5H10O2.C4H4S/c1-3-4-5(6)7-2;1-2-4-5-3-1/h3-4H2,1-2H3;1-4H/i;3D. The Morgan fingerprint density at radius 1 is 1.67 bits per heavy atom. The fraction of sp³-hybridized carbons (Fsp3) is 0.444. The second kappa shape index (κ2) is 8.27. The Morgan fingerprint density at radius 3 is 2.58 bits per heavy atom. The van der Waals surface area contributed by atoms with Crippen molar-refractivity contribution < 1.29 is 10.9 Å². The summed E-state index contributed by atoms with van der Waals surface area (Å²) in [6.45, 7) is 1.94. The van der Waals surface area contributed by atoms with Crippen LogP contribution in [0.25, 0.3) is 0 Å². The Morgan fingerprint density at radius 2 is 2.42 bits per heavy atom. The van der Waals surface area contributed by atoms with Crippen molar-refractivity contribution in [2.45, 2.75) is 19.8 Å². The van der Waals surface area contributed by atoms with Crippen molar-refractivity contribution in [2.24, 2.45) is 0 Å². The van der Waals surface area contributed by atoms with Crippen LogP contribution in [0.4, 0.5) is 0 Å². The molecule has 0 aliphatic rings. The topological polar surface area (TPSA) is 26.3 Å². The molecule has 3 heteroatoms. The first-order chi connectivity index (χ1) is 6.20. The van der Waals surface area contributed by atoms with E-state index in [1.165, 1.54) is 18.4 Å². The van der Waals surface area contributed by atoms with E-state index in [1.807, 2.05) is 18.4 Å². The molecule has 0 N–H and O–H groups in total. The molecule has 0 unspecified atom stereocenters. The van der Waals surface area contributed by atoms with E-state index in [1.54, 1.807) is 6.07 Å². The molecule has 68 valence electrons. The number of esters is 1. The van der Waals surface area contributed by atoms with E-state index in [0.717, 1.165) is 6.42 Å². The fourth-order valence-electron chi connectivity index (χ4n) is 0.503. The van der Waals surface area contributed by atoms with Crippen LogP contribution in [-0.4, -0.2) is 13.1 Å². The predicted molar refractivity (Wildman–Crippen MR) is 51.2 cm³/mol. The number of thiophene rings is 1. The molecule has 1 heterocycles. The molecule has 0 spiro atoms. The largest absolute Gasteiger partial charge is 0.469 e. The first-order valence-electron chi connectivity index (χ1n) is 4.27. The number of ether oxygens (including phenoxy) is 1. The van der Waals surface area contributed by atoms with E-state index >= 15 is 0 Å². The van der Waals surface area contributed by atoms with Crippen molar-refractivity contribution in [2.75, 3.05) is 7.11 Å². The zero-order valence-electron chi connectivity index (χ0n) is 8.37. The van der Waals surface area contributed by atoms with Crippen molar-refractivity contribution in [3.8, 4) is 0 Å². The maximum Gasteiger partial charge on any atom is 0.305 e. The molecular weight excluding hydrogens is 172 g/mol. The number of methoxy groups -OCH3 is 1. The number of rotatable bonds is 2. The fourth-order valence-corrected chi connectivity index (χ4v) is 0.895. The van der Waals surface area contributed by atoms with Crippen LogP contribution in [0.2, 0.25) is 0 Å². The van der Waals surface area contributed by atoms with Crippen LogP contribution in [0, 0.1) is 0 Å². The molecule has 0 aliphatic carbocycles. The van der Waals surface area contributed by atoms with Gasteiger partial charge in [-0.15, -0.1) is 0 Å². The summed E-state index contributed by atoms with van der Waals surface area (Å²) in [4.78, 5) is 10.2. The van der Waals surface area contributed by atoms with Crippen LogP contribution < -0.4 is 0 Å². The Balaban J connectivity index is 0.000000223. The van der Waals surface area contributed by atoms with E-state index in [9.17, 15) is 4.79 Å². The van der Waals surface area contributed by atoms with Gasteiger partial charge in [-0.1, -0.05) is 19.1 Å². The molecule has 12 heavy (non-hydrogen) atoms. The number of hydrogen-bond acceptors (Lipinski definition) is 3. The lowest BCUT2D eigenvalue weighted by molar-refractivity contribution is -0.140. The van der Waals surface area contributed by atoms with Gasteiger partial charge in [-0.25, -0.2) is 0 Å². The molecule has 0 amide bonds. The molecular formula is C9H14O2S. The first-order valence-corrected chi connectivity index (χ1v) is 4.65. The van der Waals surface area contributed by atoms with Crippen LogP contribution in [-0.2, 0) is 9.53 Å². The monoisotopic (exact) mass is 187 g/mol. The third-order valence-electron chi connectivity index (χ3n) is 1.06. The molecule has 2 nitrogen and oxygen atoms in total. The zero-order valence-corrected chi connectivity index (χ0v) is 8.19. The van der Waals surface area contributed by atoms with Gasteiger partial charge in [-0.2, -0.15) is 11.3 Å². The Labute approximate surface area is 78.6 Å². The Bertz CT molecular complexity index is 222. The molecule has 0 fully saturated rings. The number of carbonyl (C=O) groups is 1. The second-order valence-corrected chi connectivity index (χ2v) is 2.80. The van der Waals surface area contributed by atoms with Gasteiger partial charge in [0.25, 0.3) is 0 Å². The van der Waals surface area contributed by atoms with E-state index in [-0.39, 0.29) is 5.97 Å². The lowest BCUT2D eigenvalue weighted by Gasteiger charge is -1.91. The first kappa shape index (κ1) is 9.26. The van der Waals surface area contributed by atoms with Gasteiger partial charge >= 0.3 is 5.97 Å². The number of hydrogen-bond donors (Lipinski definition) is 0. The normalized spacial score (nSPS) is 9.33. The van der Waals surface area contributed by atoms with Gasteiger partial charge in [-0.3, -0.25) is 4.79 Å². The minimum absolute atomic E-state index is 0.123. The maximum atomic E-state index is 10.2. The summed E-state index contributed by atoms with van der Waals surface area (Å²) in [5, 5.41) is 2.53. The van der Waals surface area contributed by atoms with Crippen molar-refractivity contribution in [1.82, 2.24) is 0 Å². The summed E-state index contributed by atoms with van der Waals surface area (Å²) in [6, 6.07) is 3.64. The molecule has 1 aromatic rings. The van der Waals surface area contributed by atoms with Crippen LogP contribution in [0.1, 0.15) is 21.1 Å². The van der Waals surface area contributed by atoms with Crippen molar-refractivity contribution in [3.63, 3.8) is 0 Å². The lowest BCUT2D eigenvalue weighted by Crippen LogP contribution is -1.97. The van der Waals surface area contributed by atoms with Crippen LogP contribution in [0.5, 0.6) is 0 Å². The van der Waals surface area contributed by atoms with Crippen molar-refractivity contribution in [3.05, 3.63) is 22.9 Å². The van der Waals surface area contributed by atoms with Gasteiger partial charge in [-0.05, 0) is 17.2 Å². The van der Waals surface area contributed by atoms with Crippen LogP contribution in [0.15, 0.2) is 22.9 Å². The van der Waals surface area contributed by atoms with Gasteiger partial charge in [0.15, 0.2) is 0 Å². The Hall–Kier alpha value is -0.830. The zero-order chi connectivity index (χ0) is 10.1. The van der Waals surface area contributed by atoms with Gasteiger partial charge in [0, 0.05) is 6.42 Å². The molecule has 0 atom stereocenters. The highest BCUT2D eigenvalue weighted by Crippen LogP contribution is 1.91. The van der Waals surface area contributed by atoms with Crippen LogP contribution in [0.3, 0.4) is 0 Å². The SMILES string of the molecule is CCCC(=O)OC.[2H]c1cccs1.